The highest BCUT2D eigenvalue weighted by Gasteiger charge is 2.21. The van der Waals surface area contributed by atoms with Gasteiger partial charge in [-0.2, -0.15) is 5.10 Å². The average Bonchev–Trinajstić information content (AvgIpc) is 2.51. The van der Waals surface area contributed by atoms with Crippen LogP contribution in [-0.4, -0.2) is 33.4 Å². The topological polar surface area (TPSA) is 78.0 Å². The van der Waals surface area contributed by atoms with Gasteiger partial charge in [0.2, 0.25) is 0 Å². The summed E-state index contributed by atoms with van der Waals surface area (Å²) in [6.45, 7) is 5.19. The molecule has 0 aliphatic carbocycles. The van der Waals surface area contributed by atoms with Gasteiger partial charge in [-0.15, -0.1) is 0 Å². The highest BCUT2D eigenvalue weighted by atomic mass is 16.3. The maximum atomic E-state index is 11.5. The van der Waals surface area contributed by atoms with E-state index in [9.17, 15) is 4.79 Å². The second-order valence-electron chi connectivity index (χ2n) is 3.93. The van der Waals surface area contributed by atoms with E-state index < -0.39 is 5.54 Å². The van der Waals surface area contributed by atoms with Crippen LogP contribution in [0.5, 0.6) is 0 Å². The van der Waals surface area contributed by atoms with Crippen molar-refractivity contribution in [2.75, 3.05) is 6.61 Å². The summed E-state index contributed by atoms with van der Waals surface area (Å²) in [7, 11) is 0. The molecule has 5 heteroatoms. The highest BCUT2D eigenvalue weighted by molar-refractivity contribution is 5.92. The van der Waals surface area contributed by atoms with Gasteiger partial charge in [0, 0.05) is 5.69 Å². The van der Waals surface area contributed by atoms with Gasteiger partial charge in [-0.05, 0) is 26.8 Å². The molecule has 0 saturated carbocycles. The van der Waals surface area contributed by atoms with E-state index in [2.05, 4.69) is 15.5 Å². The number of aliphatic hydroxyl groups is 1. The van der Waals surface area contributed by atoms with Crippen LogP contribution in [0.2, 0.25) is 0 Å². The standard InChI is InChI=1S/C9H15N3O2/c1-6-4-7(12-11-6)8(14)10-9(2,3)5-13/h4,13H,5H2,1-3H3,(H,10,14)(H,11,12). The smallest absolute Gasteiger partial charge is 0.272 e. The first-order valence-electron chi connectivity index (χ1n) is 4.40. The molecule has 5 nitrogen and oxygen atoms in total. The van der Waals surface area contributed by atoms with Crippen LogP contribution in [0.4, 0.5) is 0 Å². The van der Waals surface area contributed by atoms with Crippen molar-refractivity contribution in [2.45, 2.75) is 26.3 Å². The fourth-order valence-electron chi connectivity index (χ4n) is 0.945. The summed E-state index contributed by atoms with van der Waals surface area (Å²) < 4.78 is 0. The molecule has 14 heavy (non-hydrogen) atoms. The molecule has 1 amide bonds. The largest absolute Gasteiger partial charge is 0.394 e. The second kappa shape index (κ2) is 3.79. The van der Waals surface area contributed by atoms with Gasteiger partial charge < -0.3 is 10.4 Å². The Kier molecular flexibility index (Phi) is 2.90. The lowest BCUT2D eigenvalue weighted by molar-refractivity contribution is 0.0864. The van der Waals surface area contributed by atoms with Crippen LogP contribution in [0, 0.1) is 6.92 Å². The molecule has 1 aromatic rings. The molecular weight excluding hydrogens is 182 g/mol. The van der Waals surface area contributed by atoms with Crippen LogP contribution in [0.3, 0.4) is 0 Å². The van der Waals surface area contributed by atoms with Crippen LogP contribution in [-0.2, 0) is 0 Å². The molecule has 0 aliphatic heterocycles. The number of amides is 1. The Bertz CT molecular complexity index is 331. The normalized spacial score (nSPS) is 11.4. The summed E-state index contributed by atoms with van der Waals surface area (Å²) in [5.74, 6) is -0.284. The molecule has 3 N–H and O–H groups in total. The first kappa shape index (κ1) is 10.7. The molecule has 78 valence electrons. The fourth-order valence-corrected chi connectivity index (χ4v) is 0.945. The highest BCUT2D eigenvalue weighted by Crippen LogP contribution is 2.03. The van der Waals surface area contributed by atoms with Crippen molar-refractivity contribution < 1.29 is 9.90 Å². The minimum atomic E-state index is -0.621. The van der Waals surface area contributed by atoms with Crippen LogP contribution in [0.1, 0.15) is 30.0 Å². The lowest BCUT2D eigenvalue weighted by Gasteiger charge is -2.22. The number of carbonyl (C=O) groups is 1. The van der Waals surface area contributed by atoms with Crippen molar-refractivity contribution in [3.05, 3.63) is 17.5 Å². The second-order valence-corrected chi connectivity index (χ2v) is 3.93. The van der Waals surface area contributed by atoms with Gasteiger partial charge in [0.05, 0.1) is 12.1 Å². The summed E-state index contributed by atoms with van der Waals surface area (Å²) in [6, 6.07) is 1.66. The van der Waals surface area contributed by atoms with Gasteiger partial charge in [0.15, 0.2) is 0 Å². The average molecular weight is 197 g/mol. The molecule has 0 aliphatic rings. The third-order valence-electron chi connectivity index (χ3n) is 1.79. The van der Waals surface area contributed by atoms with Gasteiger partial charge in [0.25, 0.3) is 5.91 Å². The number of aromatic nitrogens is 2. The number of aromatic amines is 1. The zero-order valence-corrected chi connectivity index (χ0v) is 8.59. The summed E-state index contributed by atoms with van der Waals surface area (Å²) in [4.78, 5) is 11.5. The van der Waals surface area contributed by atoms with Gasteiger partial charge in [-0.25, -0.2) is 0 Å². The third kappa shape index (κ3) is 2.56. The van der Waals surface area contributed by atoms with E-state index >= 15 is 0 Å². The Morgan fingerprint density at radius 1 is 1.71 bits per heavy atom. The number of aliphatic hydroxyl groups excluding tert-OH is 1. The summed E-state index contributed by atoms with van der Waals surface area (Å²) in [5.41, 5.74) is 0.546. The van der Waals surface area contributed by atoms with E-state index in [4.69, 9.17) is 5.11 Å². The first-order chi connectivity index (χ1) is 6.44. The van der Waals surface area contributed by atoms with E-state index in [0.29, 0.717) is 5.69 Å². The Morgan fingerprint density at radius 2 is 2.36 bits per heavy atom. The first-order valence-corrected chi connectivity index (χ1v) is 4.40. The van der Waals surface area contributed by atoms with E-state index in [0.717, 1.165) is 5.69 Å². The number of rotatable bonds is 3. The maximum absolute atomic E-state index is 11.5. The van der Waals surface area contributed by atoms with Crippen LogP contribution >= 0.6 is 0 Å². The van der Waals surface area contributed by atoms with Crippen molar-refractivity contribution in [1.82, 2.24) is 15.5 Å². The van der Waals surface area contributed by atoms with E-state index in [1.54, 1.807) is 19.9 Å². The minimum Gasteiger partial charge on any atom is -0.394 e. The Hall–Kier alpha value is -1.36. The van der Waals surface area contributed by atoms with Crippen LogP contribution in [0.25, 0.3) is 0 Å². The number of hydrogen-bond acceptors (Lipinski definition) is 3. The predicted molar refractivity (Wildman–Crippen MR) is 52.0 cm³/mol. The Labute approximate surface area is 82.5 Å². The maximum Gasteiger partial charge on any atom is 0.272 e. The van der Waals surface area contributed by atoms with E-state index in [1.165, 1.54) is 0 Å². The van der Waals surface area contributed by atoms with Crippen molar-refractivity contribution in [1.29, 1.82) is 0 Å². The minimum absolute atomic E-state index is 0.109. The van der Waals surface area contributed by atoms with Crippen LogP contribution < -0.4 is 5.32 Å². The summed E-state index contributed by atoms with van der Waals surface area (Å²) >= 11 is 0. The molecule has 0 saturated heterocycles. The third-order valence-corrected chi connectivity index (χ3v) is 1.79. The monoisotopic (exact) mass is 197 g/mol. The van der Waals surface area contributed by atoms with Gasteiger partial charge in [-0.3, -0.25) is 9.89 Å². The predicted octanol–water partition coefficient (Wildman–Crippen LogP) is 0.219. The number of nitrogens with one attached hydrogen (secondary N) is 2. The SMILES string of the molecule is Cc1cc(C(=O)NC(C)(C)CO)n[nH]1. The number of aryl methyl sites for hydroxylation is 1. The van der Waals surface area contributed by atoms with Crippen molar-refractivity contribution in [3.63, 3.8) is 0 Å². The van der Waals surface area contributed by atoms with Crippen LogP contribution in [0.15, 0.2) is 6.07 Å². The van der Waals surface area contributed by atoms with Crippen molar-refractivity contribution in [3.8, 4) is 0 Å². The van der Waals surface area contributed by atoms with Crippen molar-refractivity contribution in [2.24, 2.45) is 0 Å². The number of nitrogens with zero attached hydrogens (tertiary/aromatic N) is 1. The van der Waals surface area contributed by atoms with Crippen molar-refractivity contribution >= 4 is 5.91 Å². The van der Waals surface area contributed by atoms with Gasteiger partial charge in [0.1, 0.15) is 5.69 Å². The molecule has 1 aromatic heterocycles. The molecule has 0 unspecified atom stereocenters. The number of H-pyrrole nitrogens is 1. The fraction of sp³-hybridized carbons (Fsp3) is 0.556. The molecule has 0 fully saturated rings. The molecule has 0 aromatic carbocycles. The zero-order valence-electron chi connectivity index (χ0n) is 8.59. The lowest BCUT2D eigenvalue weighted by atomic mass is 10.1. The zero-order chi connectivity index (χ0) is 10.8. The van der Waals surface area contributed by atoms with E-state index in [1.807, 2.05) is 6.92 Å². The Balaban J connectivity index is 2.68. The molecule has 1 rings (SSSR count). The molecule has 0 atom stereocenters. The Morgan fingerprint density at radius 3 is 2.79 bits per heavy atom. The molecule has 0 bridgehead atoms. The van der Waals surface area contributed by atoms with E-state index in [-0.39, 0.29) is 12.5 Å². The molecular formula is C9H15N3O2. The number of carbonyl (C=O) groups excluding carboxylic acids is 1. The van der Waals surface area contributed by atoms with Gasteiger partial charge in [-0.1, -0.05) is 0 Å². The summed E-state index contributed by atoms with van der Waals surface area (Å²) in [5, 5.41) is 18.1. The number of hydrogen-bond donors (Lipinski definition) is 3. The molecule has 0 spiro atoms. The molecule has 1 heterocycles. The molecule has 0 radical (unpaired) electrons. The summed E-state index contributed by atoms with van der Waals surface area (Å²) in [6.07, 6.45) is 0. The quantitative estimate of drug-likeness (QED) is 0.648. The lowest BCUT2D eigenvalue weighted by Crippen LogP contribution is -2.46. The van der Waals surface area contributed by atoms with Gasteiger partial charge >= 0.3 is 0 Å².